The number of anilines is 2. The molecule has 0 bridgehead atoms. The van der Waals surface area contributed by atoms with Gasteiger partial charge in [-0.3, -0.25) is 4.79 Å². The number of aryl methyl sites for hydroxylation is 1. The number of rotatable bonds is 5. The number of carbonyl (C=O) groups is 1. The number of nitrogens with one attached hydrogen (secondary N) is 1. The second-order valence-electron chi connectivity index (χ2n) is 5.92. The molecule has 5 nitrogen and oxygen atoms in total. The molecule has 0 spiro atoms. The lowest BCUT2D eigenvalue weighted by molar-refractivity contribution is 0.0950. The van der Waals surface area contributed by atoms with Gasteiger partial charge < -0.3 is 15.1 Å². The van der Waals surface area contributed by atoms with Gasteiger partial charge in [0.05, 0.1) is 0 Å². The van der Waals surface area contributed by atoms with Crippen molar-refractivity contribution in [1.82, 2.24) is 15.2 Å². The first kappa shape index (κ1) is 16.0. The van der Waals surface area contributed by atoms with Crippen LogP contribution in [0, 0.1) is 0 Å². The van der Waals surface area contributed by atoms with Crippen LogP contribution in [0.5, 0.6) is 0 Å². The molecule has 1 N–H and O–H groups in total. The van der Waals surface area contributed by atoms with Crippen LogP contribution in [0.25, 0.3) is 0 Å². The van der Waals surface area contributed by atoms with E-state index in [1.807, 2.05) is 37.2 Å². The zero-order chi connectivity index (χ0) is 16.2. The molecule has 0 unspecified atom stereocenters. The number of benzene rings is 1. The van der Waals surface area contributed by atoms with Crippen LogP contribution in [0.2, 0.25) is 0 Å². The van der Waals surface area contributed by atoms with Crippen LogP contribution in [-0.4, -0.2) is 49.5 Å². The monoisotopic (exact) mass is 330 g/mol. The molecule has 3 rings (SSSR count). The summed E-state index contributed by atoms with van der Waals surface area (Å²) in [5, 5.41) is 3.51. The number of fused-ring (bicyclic) bond motifs is 1. The van der Waals surface area contributed by atoms with Crippen molar-refractivity contribution in [2.24, 2.45) is 0 Å². The first-order valence-corrected chi connectivity index (χ1v) is 8.72. The third-order valence-electron chi connectivity index (χ3n) is 3.82. The molecule has 0 atom stereocenters. The molecule has 1 aromatic heterocycles. The summed E-state index contributed by atoms with van der Waals surface area (Å²) in [5.41, 5.74) is 1.14. The summed E-state index contributed by atoms with van der Waals surface area (Å²) in [4.78, 5) is 22.4. The van der Waals surface area contributed by atoms with Crippen LogP contribution < -0.4 is 10.2 Å². The average molecular weight is 330 g/mol. The van der Waals surface area contributed by atoms with E-state index in [1.54, 1.807) is 0 Å². The van der Waals surface area contributed by atoms with E-state index >= 15 is 0 Å². The summed E-state index contributed by atoms with van der Waals surface area (Å²) >= 11 is 1.52. The van der Waals surface area contributed by atoms with Gasteiger partial charge in [-0.15, -0.1) is 11.3 Å². The molecular formula is C17H22N4OS. The van der Waals surface area contributed by atoms with E-state index in [0.29, 0.717) is 11.6 Å². The molecule has 1 aliphatic heterocycles. The zero-order valence-electron chi connectivity index (χ0n) is 13.6. The fourth-order valence-electron chi connectivity index (χ4n) is 2.65. The molecule has 1 aromatic carbocycles. The minimum absolute atomic E-state index is 0.0701. The topological polar surface area (TPSA) is 48.5 Å². The molecule has 122 valence electrons. The summed E-state index contributed by atoms with van der Waals surface area (Å²) in [6.07, 6.45) is 2.09. The van der Waals surface area contributed by atoms with Crippen molar-refractivity contribution in [2.75, 3.05) is 38.6 Å². The Balaban J connectivity index is 1.77. The van der Waals surface area contributed by atoms with E-state index in [4.69, 9.17) is 0 Å². The van der Waals surface area contributed by atoms with Gasteiger partial charge in [0.1, 0.15) is 5.82 Å². The first-order valence-electron chi connectivity index (χ1n) is 7.90. The van der Waals surface area contributed by atoms with E-state index in [1.165, 1.54) is 16.2 Å². The van der Waals surface area contributed by atoms with Crippen LogP contribution >= 0.6 is 11.3 Å². The van der Waals surface area contributed by atoms with Gasteiger partial charge in [-0.05, 0) is 39.1 Å². The Hall–Kier alpha value is -1.92. The fraction of sp³-hybridized carbons (Fsp3) is 0.412. The predicted octanol–water partition coefficient (Wildman–Crippen LogP) is 2.52. The quantitative estimate of drug-likeness (QED) is 0.915. The molecule has 0 fully saturated rings. The summed E-state index contributed by atoms with van der Waals surface area (Å²) < 4.78 is 0. The number of nitrogens with zero attached hydrogens (tertiary/aromatic N) is 3. The maximum Gasteiger partial charge on any atom is 0.280 e. The van der Waals surface area contributed by atoms with Crippen molar-refractivity contribution in [3.8, 4) is 0 Å². The van der Waals surface area contributed by atoms with Crippen LogP contribution in [0.3, 0.4) is 0 Å². The smallest absolute Gasteiger partial charge is 0.280 e. The van der Waals surface area contributed by atoms with Crippen LogP contribution in [0.1, 0.15) is 21.1 Å². The van der Waals surface area contributed by atoms with Gasteiger partial charge in [0.15, 0.2) is 5.01 Å². The number of hydrogen-bond acceptors (Lipinski definition) is 5. The van der Waals surface area contributed by atoms with Gasteiger partial charge in [0.2, 0.25) is 0 Å². The van der Waals surface area contributed by atoms with Gasteiger partial charge >= 0.3 is 0 Å². The Morgan fingerprint density at radius 3 is 2.87 bits per heavy atom. The van der Waals surface area contributed by atoms with E-state index in [2.05, 4.69) is 27.3 Å². The summed E-state index contributed by atoms with van der Waals surface area (Å²) in [6.45, 7) is 2.41. The molecule has 0 saturated carbocycles. The van der Waals surface area contributed by atoms with Crippen LogP contribution in [0.15, 0.2) is 30.3 Å². The third kappa shape index (κ3) is 3.71. The van der Waals surface area contributed by atoms with Gasteiger partial charge in [-0.2, -0.15) is 0 Å². The normalized spacial score (nSPS) is 14.0. The first-order chi connectivity index (χ1) is 11.1. The summed E-state index contributed by atoms with van der Waals surface area (Å²) in [5.74, 6) is 0.879. The molecule has 1 amide bonds. The van der Waals surface area contributed by atoms with Gasteiger partial charge in [0, 0.05) is 30.2 Å². The highest BCUT2D eigenvalue weighted by Crippen LogP contribution is 2.36. The summed E-state index contributed by atoms with van der Waals surface area (Å²) in [7, 11) is 3.98. The number of amides is 1. The largest absolute Gasteiger partial charge is 0.349 e. The van der Waals surface area contributed by atoms with Crippen molar-refractivity contribution < 1.29 is 4.79 Å². The number of aromatic nitrogens is 1. The second kappa shape index (κ2) is 7.10. The Bertz CT molecular complexity index is 668. The highest BCUT2D eigenvalue weighted by molar-refractivity contribution is 7.14. The van der Waals surface area contributed by atoms with Gasteiger partial charge in [-0.25, -0.2) is 4.98 Å². The number of para-hydroxylation sites is 1. The Morgan fingerprint density at radius 1 is 1.35 bits per heavy atom. The molecule has 23 heavy (non-hydrogen) atoms. The van der Waals surface area contributed by atoms with Crippen molar-refractivity contribution in [3.63, 3.8) is 0 Å². The predicted molar refractivity (Wildman–Crippen MR) is 94.8 cm³/mol. The highest BCUT2D eigenvalue weighted by Gasteiger charge is 2.25. The molecule has 2 heterocycles. The van der Waals surface area contributed by atoms with Crippen molar-refractivity contribution in [1.29, 1.82) is 0 Å². The number of carbonyl (C=O) groups excluding carboxylic acids is 1. The average Bonchev–Trinajstić information content (AvgIpc) is 2.99. The number of thiazole rings is 1. The number of hydrogen-bond donors (Lipinski definition) is 1. The lowest BCUT2D eigenvalue weighted by Gasteiger charge is -2.27. The van der Waals surface area contributed by atoms with Crippen LogP contribution in [0.4, 0.5) is 11.5 Å². The molecule has 1 aliphatic rings. The van der Waals surface area contributed by atoms with Crippen molar-refractivity contribution in [2.45, 2.75) is 12.8 Å². The maximum absolute atomic E-state index is 12.3. The summed E-state index contributed by atoms with van der Waals surface area (Å²) in [6, 6.07) is 10.3. The lowest BCUT2D eigenvalue weighted by Crippen LogP contribution is -2.31. The van der Waals surface area contributed by atoms with Crippen molar-refractivity contribution in [3.05, 3.63) is 40.2 Å². The molecule has 0 aliphatic carbocycles. The molecule has 6 heteroatoms. The fourth-order valence-corrected chi connectivity index (χ4v) is 3.67. The molecule has 0 saturated heterocycles. The van der Waals surface area contributed by atoms with E-state index < -0.39 is 0 Å². The highest BCUT2D eigenvalue weighted by atomic mass is 32.1. The number of likely N-dealkylation sites (N-methyl/N-ethyl adjacent to an activating group) is 1. The van der Waals surface area contributed by atoms with Gasteiger partial charge in [-0.1, -0.05) is 18.2 Å². The van der Waals surface area contributed by atoms with E-state index in [9.17, 15) is 4.79 Å². The minimum Gasteiger partial charge on any atom is -0.349 e. The zero-order valence-corrected chi connectivity index (χ0v) is 14.4. The molecule has 2 aromatic rings. The molecular weight excluding hydrogens is 308 g/mol. The van der Waals surface area contributed by atoms with Crippen LogP contribution in [-0.2, 0) is 6.42 Å². The van der Waals surface area contributed by atoms with Gasteiger partial charge in [0.25, 0.3) is 5.91 Å². The lowest BCUT2D eigenvalue weighted by atomic mass is 10.1. The van der Waals surface area contributed by atoms with E-state index in [0.717, 1.165) is 37.4 Å². The third-order valence-corrected chi connectivity index (χ3v) is 4.93. The van der Waals surface area contributed by atoms with E-state index in [-0.39, 0.29) is 5.91 Å². The maximum atomic E-state index is 12.3. The van der Waals surface area contributed by atoms with Crippen molar-refractivity contribution >= 4 is 28.7 Å². The minimum atomic E-state index is -0.0701. The standard InChI is InChI=1S/C17H22N4OS/c1-20(2)12-10-18-16(22)17-19-15-14(23-17)9-6-11-21(15)13-7-4-3-5-8-13/h3-5,7-8H,6,9-12H2,1-2H3,(H,18,22). The molecule has 0 radical (unpaired) electrons. The second-order valence-corrected chi connectivity index (χ2v) is 7.00. The Morgan fingerprint density at radius 2 is 2.13 bits per heavy atom. The Labute approximate surface area is 140 Å². The Kier molecular flexibility index (Phi) is 4.93. The SMILES string of the molecule is CN(C)CCNC(=O)c1nc2c(s1)CCCN2c1ccccc1.